The Morgan fingerprint density at radius 3 is 1.04 bits per heavy atom. The third-order valence-electron chi connectivity index (χ3n) is 14.8. The third-order valence-corrected chi connectivity index (χ3v) is 14.8. The van der Waals surface area contributed by atoms with Gasteiger partial charge in [0.25, 0.3) is 0 Å². The van der Waals surface area contributed by atoms with E-state index >= 15 is 0 Å². The van der Waals surface area contributed by atoms with Crippen LogP contribution in [0.1, 0.15) is 61.0 Å². The quantitative estimate of drug-likeness (QED) is 0.0569. The average molecular weight is 2180 g/mol. The summed E-state index contributed by atoms with van der Waals surface area (Å²) in [6, 6.07) is 98.7. The molecule has 18 heteroatoms. The van der Waals surface area contributed by atoms with E-state index in [1.165, 1.54) is 125 Å². The number of rotatable bonds is 10. The first-order chi connectivity index (χ1) is 51.5. The van der Waals surface area contributed by atoms with Crippen LogP contribution < -0.4 is 0 Å². The minimum absolute atomic E-state index is 0. The van der Waals surface area contributed by atoms with Gasteiger partial charge in [0, 0.05) is 135 Å². The number of benzene rings is 10. The van der Waals surface area contributed by atoms with Crippen LogP contribution in [0, 0.1) is 41.4 Å². The van der Waals surface area contributed by atoms with Crippen molar-refractivity contribution in [1.29, 1.82) is 5.26 Å². The van der Waals surface area contributed by atoms with E-state index in [0.29, 0.717) is 5.56 Å². The van der Waals surface area contributed by atoms with E-state index in [0.717, 1.165) is 77.3 Å². The largest absolute Gasteiger partial charge is 0.512 e. The van der Waals surface area contributed by atoms with Crippen molar-refractivity contribution in [3.8, 4) is 73.4 Å². The van der Waals surface area contributed by atoms with Crippen LogP contribution in [-0.2, 0) is 99.6 Å². The molecular weight excluding hydrogens is 2100 g/mol. The Morgan fingerprint density at radius 2 is 0.667 bits per heavy atom. The molecule has 10 aromatic carbocycles. The van der Waals surface area contributed by atoms with Gasteiger partial charge in [-0.25, -0.2) is 4.39 Å². The van der Waals surface area contributed by atoms with E-state index in [1.807, 2.05) is 146 Å². The maximum atomic E-state index is 13.0. The zero-order chi connectivity index (χ0) is 77.0. The van der Waals surface area contributed by atoms with Gasteiger partial charge in [0.2, 0.25) is 0 Å². The number of aliphatic hydroxyl groups excluding tert-OH is 4. The van der Waals surface area contributed by atoms with Gasteiger partial charge in [0.05, 0.1) is 34.7 Å². The molecule has 0 amide bonds. The van der Waals surface area contributed by atoms with Crippen molar-refractivity contribution in [2.75, 3.05) is 0 Å². The SMILES string of the molecule is CC(=O)C=C(C)O.CC(=O)C=C(C)O.CC(=O)C=C(C)O.CC(=O)C=C(C)O.Fc1ccc2cc(-c3[c-]cccc3)ncc2c1.N#Cc1ccc2cc(-c3[c-]cccc3)ncc2c1.[Ir].[Ir].[Ir].[Ir].[c-]1cc(-c2ccccc2)ccc1-c1cc2ccccc2cn1.[c-]1ccc(-c2ccccc2)cc1-c1cc2ccccc2cn1. The first-order valence-corrected chi connectivity index (χ1v) is 33.7. The number of carbonyl (C=O) groups is 4. The van der Waals surface area contributed by atoms with Crippen molar-refractivity contribution in [1.82, 2.24) is 19.9 Å². The first kappa shape index (κ1) is 93.9. The molecule has 13 nitrogen and oxygen atoms in total. The van der Waals surface area contributed by atoms with Crippen LogP contribution in [0.3, 0.4) is 0 Å². The number of aromatic nitrogens is 4. The second-order valence-electron chi connectivity index (χ2n) is 24.0. The predicted octanol–water partition coefficient (Wildman–Crippen LogP) is 22.3. The number of halogens is 1. The van der Waals surface area contributed by atoms with E-state index in [2.05, 4.69) is 153 Å². The Kier molecular flexibility index (Phi) is 42.0. The van der Waals surface area contributed by atoms with Gasteiger partial charge >= 0.3 is 0 Å². The Balaban J connectivity index is 0.000000342. The molecule has 14 aromatic rings. The molecule has 14 rings (SSSR count). The van der Waals surface area contributed by atoms with E-state index in [9.17, 15) is 23.6 Å². The van der Waals surface area contributed by atoms with Crippen LogP contribution in [0.15, 0.2) is 327 Å². The summed E-state index contributed by atoms with van der Waals surface area (Å²) in [5.41, 5.74) is 13.0. The number of pyridine rings is 4. The summed E-state index contributed by atoms with van der Waals surface area (Å²) in [4.78, 5) is 57.9. The van der Waals surface area contributed by atoms with Gasteiger partial charge in [0.1, 0.15) is 5.82 Å². The number of aliphatic hydroxyl groups is 4. The molecule has 4 heterocycles. The van der Waals surface area contributed by atoms with Crippen LogP contribution in [0.2, 0.25) is 0 Å². The maximum Gasteiger partial charge on any atom is 0.155 e. The molecule has 0 atom stereocenters. The Bertz CT molecular complexity index is 5360. The summed E-state index contributed by atoms with van der Waals surface area (Å²) in [5.74, 6) is -0.488. The van der Waals surface area contributed by atoms with Crippen molar-refractivity contribution >= 4 is 66.2 Å². The Morgan fingerprint density at radius 1 is 0.324 bits per heavy atom. The minimum Gasteiger partial charge on any atom is -0.512 e. The molecule has 4 radical (unpaired) electrons. The Labute approximate surface area is 701 Å². The number of nitrogens with zero attached hydrogens (tertiary/aromatic N) is 5. The summed E-state index contributed by atoms with van der Waals surface area (Å²) in [6.07, 6.45) is 12.0. The zero-order valence-corrected chi connectivity index (χ0v) is 71.3. The number of hydrogen-bond acceptors (Lipinski definition) is 13. The molecule has 4 N–H and O–H groups in total. The molecule has 0 aliphatic heterocycles. The van der Waals surface area contributed by atoms with Crippen molar-refractivity contribution in [3.05, 3.63) is 363 Å². The second-order valence-corrected chi connectivity index (χ2v) is 24.0. The summed E-state index contributed by atoms with van der Waals surface area (Å²) in [7, 11) is 0. The summed E-state index contributed by atoms with van der Waals surface area (Å²) < 4.78 is 13.0. The van der Waals surface area contributed by atoms with E-state index < -0.39 is 0 Å². The van der Waals surface area contributed by atoms with Crippen LogP contribution in [0.5, 0.6) is 0 Å². The first-order valence-electron chi connectivity index (χ1n) is 33.7. The van der Waals surface area contributed by atoms with Crippen LogP contribution in [0.25, 0.3) is 110 Å². The Hall–Kier alpha value is -11.3. The summed E-state index contributed by atoms with van der Waals surface area (Å²) in [6.45, 7) is 11.4. The fourth-order valence-corrected chi connectivity index (χ4v) is 10.2. The molecule has 0 bridgehead atoms. The second kappa shape index (κ2) is 49.7. The third kappa shape index (κ3) is 33.2. The van der Waals surface area contributed by atoms with Gasteiger partial charge in [0.15, 0.2) is 23.1 Å². The van der Waals surface area contributed by atoms with Crippen LogP contribution >= 0.6 is 0 Å². The summed E-state index contributed by atoms with van der Waals surface area (Å²) >= 11 is 0. The molecule has 0 saturated heterocycles. The number of carbonyl (C=O) groups excluding carboxylic acids is 4. The fraction of sp³-hybridized carbons (Fsp3) is 0.0860. The zero-order valence-electron chi connectivity index (χ0n) is 61.7. The van der Waals surface area contributed by atoms with E-state index in [-0.39, 0.29) is 132 Å². The maximum absolute atomic E-state index is 13.0. The number of ketones is 4. The summed E-state index contributed by atoms with van der Waals surface area (Å²) in [5, 5.41) is 50.9. The molecule has 570 valence electrons. The van der Waals surface area contributed by atoms with Gasteiger partial charge in [-0.3, -0.25) is 19.2 Å². The van der Waals surface area contributed by atoms with Gasteiger partial charge in [-0.1, -0.05) is 157 Å². The standard InChI is InChI=1S/2C21H14N.C16H9N2.C15H9FN.4C5H8O2.4Ir/c1-2-7-16(8-3-1)17-11-6-12-19(13-17)21-14-18-9-4-5-10-20(18)15-22-21;1-2-6-16(7-3-1)17-10-12-18(13-11-17)21-14-19-8-4-5-9-20(19)15-22-21;17-10-12-6-7-14-9-16(18-11-15(14)8-12)13-4-2-1-3-5-13;16-14-7-6-12-9-15(17-10-13(12)8-14)11-4-2-1-3-5-11;4*1-4(6)3-5(2)7;;;;/h1-11,13-15H;1-12,14-15H;1-4,6-9,11H;1-4,6-10H;4*3,6H,1-2H3;;;;/q4*-1;;;;;;;;. The number of fused-ring (bicyclic) bond motifs is 4. The molecule has 0 aliphatic carbocycles. The van der Waals surface area contributed by atoms with E-state index in [4.69, 9.17) is 25.7 Å². The van der Waals surface area contributed by atoms with Crippen molar-refractivity contribution in [2.24, 2.45) is 0 Å². The average Bonchev–Trinajstić information content (AvgIpc) is 0.830. The molecular formula is C93H78FIr4N5O8-4. The molecule has 0 unspecified atom stereocenters. The van der Waals surface area contributed by atoms with Crippen LogP contribution in [0.4, 0.5) is 4.39 Å². The number of hydrogen-bond donors (Lipinski definition) is 4. The van der Waals surface area contributed by atoms with Crippen molar-refractivity contribution in [3.63, 3.8) is 0 Å². The van der Waals surface area contributed by atoms with Gasteiger partial charge in [-0.15, -0.1) is 137 Å². The van der Waals surface area contributed by atoms with Gasteiger partial charge in [-0.2, -0.15) is 5.26 Å². The van der Waals surface area contributed by atoms with E-state index in [1.54, 1.807) is 18.5 Å². The number of allylic oxidation sites excluding steroid dienone is 8. The molecule has 111 heavy (non-hydrogen) atoms. The van der Waals surface area contributed by atoms with Crippen molar-refractivity contribution < 1.29 is 124 Å². The van der Waals surface area contributed by atoms with Crippen molar-refractivity contribution in [2.45, 2.75) is 55.4 Å². The normalized spacial score (nSPS) is 10.4. The predicted molar refractivity (Wildman–Crippen MR) is 428 cm³/mol. The fourth-order valence-electron chi connectivity index (χ4n) is 10.2. The van der Waals surface area contributed by atoms with Gasteiger partial charge < -0.3 is 40.4 Å². The minimum atomic E-state index is -0.238. The monoisotopic (exact) mass is 2180 g/mol. The van der Waals surface area contributed by atoms with Crippen LogP contribution in [-0.4, -0.2) is 63.5 Å². The molecule has 4 aromatic heterocycles. The van der Waals surface area contributed by atoms with Gasteiger partial charge in [-0.05, 0) is 146 Å². The molecule has 0 spiro atoms. The topological polar surface area (TPSA) is 225 Å². The molecule has 0 aliphatic rings. The smallest absolute Gasteiger partial charge is 0.155 e. The number of nitriles is 1. The molecule has 0 fully saturated rings. The molecule has 0 saturated carbocycles.